The molecule has 0 saturated carbocycles. The van der Waals surface area contributed by atoms with Crippen molar-refractivity contribution < 1.29 is 5.11 Å². The van der Waals surface area contributed by atoms with Crippen molar-refractivity contribution in [3.63, 3.8) is 0 Å². The first-order chi connectivity index (χ1) is 8.72. The number of nitrogens with one attached hydrogen (secondary N) is 1. The van der Waals surface area contributed by atoms with Crippen LogP contribution in [0.25, 0.3) is 10.8 Å². The molecule has 0 bridgehead atoms. The van der Waals surface area contributed by atoms with Crippen molar-refractivity contribution in [1.82, 2.24) is 5.32 Å². The number of benzene rings is 2. The third kappa shape index (κ3) is 3.03. The molecule has 0 aromatic heterocycles. The van der Waals surface area contributed by atoms with Gasteiger partial charge in [0, 0.05) is 6.54 Å². The molecular weight excluding hydrogens is 290 g/mol. The van der Waals surface area contributed by atoms with E-state index in [9.17, 15) is 5.11 Å². The summed E-state index contributed by atoms with van der Waals surface area (Å²) in [5, 5.41) is 15.3. The van der Waals surface area contributed by atoms with Crippen LogP contribution in [0.2, 0.25) is 0 Å². The number of phenols is 1. The van der Waals surface area contributed by atoms with Crippen LogP contribution in [0, 0.1) is 0 Å². The van der Waals surface area contributed by atoms with Gasteiger partial charge < -0.3 is 10.4 Å². The number of unbranched alkanes of at least 4 members (excludes halogenated alkanes) is 1. The van der Waals surface area contributed by atoms with Gasteiger partial charge in [-0.1, -0.05) is 31.5 Å². The second kappa shape index (κ2) is 6.21. The third-order valence-corrected chi connectivity index (χ3v) is 3.87. The van der Waals surface area contributed by atoms with Crippen LogP contribution in [-0.4, -0.2) is 11.7 Å². The number of fused-ring (bicyclic) bond motifs is 1. The highest BCUT2D eigenvalue weighted by atomic mass is 79.9. The maximum Gasteiger partial charge on any atom is 0.130 e. The van der Waals surface area contributed by atoms with E-state index in [0.717, 1.165) is 28.3 Å². The Hall–Kier alpha value is -1.06. The van der Waals surface area contributed by atoms with Crippen molar-refractivity contribution in [2.24, 2.45) is 0 Å². The highest BCUT2D eigenvalue weighted by Crippen LogP contribution is 2.32. The van der Waals surface area contributed by atoms with E-state index in [-0.39, 0.29) is 5.75 Å². The fourth-order valence-electron chi connectivity index (χ4n) is 1.97. The first-order valence-corrected chi connectivity index (χ1v) is 7.12. The van der Waals surface area contributed by atoms with Crippen molar-refractivity contribution in [3.8, 4) is 5.75 Å². The van der Waals surface area contributed by atoms with Gasteiger partial charge in [-0.25, -0.2) is 0 Å². The van der Waals surface area contributed by atoms with Gasteiger partial charge in [0.2, 0.25) is 0 Å². The number of rotatable bonds is 5. The number of phenolic OH excluding ortho intramolecular Hbond substituents is 1. The fourth-order valence-corrected chi connectivity index (χ4v) is 2.47. The monoisotopic (exact) mass is 307 g/mol. The molecule has 0 unspecified atom stereocenters. The van der Waals surface area contributed by atoms with Crippen molar-refractivity contribution in [2.45, 2.75) is 26.3 Å². The normalized spacial score (nSPS) is 11.0. The van der Waals surface area contributed by atoms with Gasteiger partial charge in [-0.2, -0.15) is 0 Å². The van der Waals surface area contributed by atoms with Gasteiger partial charge in [-0.3, -0.25) is 0 Å². The molecule has 0 aliphatic rings. The topological polar surface area (TPSA) is 32.3 Å². The quantitative estimate of drug-likeness (QED) is 0.812. The van der Waals surface area contributed by atoms with Crippen molar-refractivity contribution >= 4 is 26.7 Å². The third-order valence-electron chi connectivity index (χ3n) is 3.03. The summed E-state index contributed by atoms with van der Waals surface area (Å²) >= 11 is 3.41. The Kier molecular flexibility index (Phi) is 4.61. The summed E-state index contributed by atoms with van der Waals surface area (Å²) in [7, 11) is 0. The Morgan fingerprint density at radius 3 is 2.83 bits per heavy atom. The summed E-state index contributed by atoms with van der Waals surface area (Å²) in [6.07, 6.45) is 2.43. The first-order valence-electron chi connectivity index (χ1n) is 6.33. The van der Waals surface area contributed by atoms with Crippen LogP contribution in [0.3, 0.4) is 0 Å². The van der Waals surface area contributed by atoms with E-state index in [0.29, 0.717) is 0 Å². The number of hydrogen-bond donors (Lipinski definition) is 2. The molecule has 0 amide bonds. The van der Waals surface area contributed by atoms with Crippen LogP contribution >= 0.6 is 15.9 Å². The van der Waals surface area contributed by atoms with Crippen LogP contribution in [0.5, 0.6) is 5.75 Å². The first kappa shape index (κ1) is 13.4. The lowest BCUT2D eigenvalue weighted by Crippen LogP contribution is -2.14. The van der Waals surface area contributed by atoms with Gasteiger partial charge in [0.05, 0.1) is 4.47 Å². The van der Waals surface area contributed by atoms with Gasteiger partial charge in [0.15, 0.2) is 0 Å². The lowest BCUT2D eigenvalue weighted by atomic mass is 10.1. The van der Waals surface area contributed by atoms with Gasteiger partial charge in [-0.05, 0) is 57.4 Å². The summed E-state index contributed by atoms with van der Waals surface area (Å²) in [5.74, 6) is 0.288. The van der Waals surface area contributed by atoms with Crippen LogP contribution in [0.4, 0.5) is 0 Å². The summed E-state index contributed by atoms with van der Waals surface area (Å²) in [5.41, 5.74) is 1.27. The Morgan fingerprint density at radius 2 is 2.06 bits per heavy atom. The van der Waals surface area contributed by atoms with E-state index >= 15 is 0 Å². The van der Waals surface area contributed by atoms with Crippen LogP contribution in [0.15, 0.2) is 34.8 Å². The Balaban J connectivity index is 2.15. The maximum atomic E-state index is 9.63. The van der Waals surface area contributed by atoms with Gasteiger partial charge in [0.25, 0.3) is 0 Å². The van der Waals surface area contributed by atoms with Crippen molar-refractivity contribution in [2.75, 3.05) is 6.54 Å². The Labute approximate surface area is 116 Å². The van der Waals surface area contributed by atoms with Crippen LogP contribution in [-0.2, 0) is 6.54 Å². The minimum absolute atomic E-state index is 0.288. The fraction of sp³-hybridized carbons (Fsp3) is 0.333. The zero-order chi connectivity index (χ0) is 13.0. The molecule has 2 aromatic carbocycles. The van der Waals surface area contributed by atoms with E-state index in [1.165, 1.54) is 18.4 Å². The maximum absolute atomic E-state index is 9.63. The lowest BCUT2D eigenvalue weighted by Gasteiger charge is -2.07. The molecule has 3 heteroatoms. The SMILES string of the molecule is CCCCNCc1ccc2c(Br)c(O)ccc2c1. The second-order valence-corrected chi connectivity index (χ2v) is 5.28. The standard InChI is InChI=1S/C15H18BrNO/c1-2-3-8-17-10-11-4-6-13-12(9-11)5-7-14(18)15(13)16/h4-7,9,17-18H,2-3,8,10H2,1H3. The van der Waals surface area contributed by atoms with Gasteiger partial charge in [-0.15, -0.1) is 0 Å². The van der Waals surface area contributed by atoms with E-state index in [2.05, 4.69) is 46.4 Å². The van der Waals surface area contributed by atoms with Crippen LogP contribution < -0.4 is 5.32 Å². The number of hydrogen-bond acceptors (Lipinski definition) is 2. The zero-order valence-corrected chi connectivity index (χ0v) is 12.1. The molecular formula is C15H18BrNO. The highest BCUT2D eigenvalue weighted by Gasteiger charge is 2.04. The van der Waals surface area contributed by atoms with Gasteiger partial charge in [0.1, 0.15) is 5.75 Å². The Morgan fingerprint density at radius 1 is 1.22 bits per heavy atom. The number of halogens is 1. The van der Waals surface area contributed by atoms with Crippen LogP contribution in [0.1, 0.15) is 25.3 Å². The van der Waals surface area contributed by atoms with E-state index < -0.39 is 0 Å². The average molecular weight is 308 g/mol. The zero-order valence-electron chi connectivity index (χ0n) is 10.5. The molecule has 0 heterocycles. The molecule has 18 heavy (non-hydrogen) atoms. The van der Waals surface area contributed by atoms with E-state index in [4.69, 9.17) is 0 Å². The van der Waals surface area contributed by atoms with Gasteiger partial charge >= 0.3 is 0 Å². The van der Waals surface area contributed by atoms with E-state index in [1.54, 1.807) is 6.07 Å². The molecule has 2 aromatic rings. The molecule has 0 atom stereocenters. The summed E-state index contributed by atoms with van der Waals surface area (Å²) in [4.78, 5) is 0. The van der Waals surface area contributed by atoms with Crippen molar-refractivity contribution in [1.29, 1.82) is 0 Å². The minimum atomic E-state index is 0.288. The number of aromatic hydroxyl groups is 1. The average Bonchev–Trinajstić information content (AvgIpc) is 2.39. The summed E-state index contributed by atoms with van der Waals surface area (Å²) < 4.78 is 0.769. The predicted octanol–water partition coefficient (Wildman–Crippen LogP) is 4.20. The smallest absolute Gasteiger partial charge is 0.130 e. The lowest BCUT2D eigenvalue weighted by molar-refractivity contribution is 0.473. The molecule has 2 rings (SSSR count). The molecule has 2 N–H and O–H groups in total. The Bertz CT molecular complexity index is 539. The summed E-state index contributed by atoms with van der Waals surface area (Å²) in [6, 6.07) is 9.99. The highest BCUT2D eigenvalue weighted by molar-refractivity contribution is 9.10. The molecule has 0 radical (unpaired) electrons. The molecule has 0 saturated heterocycles. The summed E-state index contributed by atoms with van der Waals surface area (Å²) in [6.45, 7) is 4.16. The largest absolute Gasteiger partial charge is 0.507 e. The molecule has 96 valence electrons. The van der Waals surface area contributed by atoms with Crippen molar-refractivity contribution in [3.05, 3.63) is 40.4 Å². The molecule has 0 aliphatic heterocycles. The molecule has 2 nitrogen and oxygen atoms in total. The minimum Gasteiger partial charge on any atom is -0.507 e. The molecule has 0 spiro atoms. The second-order valence-electron chi connectivity index (χ2n) is 4.48. The van der Waals surface area contributed by atoms with E-state index in [1.807, 2.05) is 6.07 Å². The molecule has 0 fully saturated rings. The predicted molar refractivity (Wildman–Crippen MR) is 79.9 cm³/mol. The molecule has 0 aliphatic carbocycles.